The van der Waals surface area contributed by atoms with Crippen LogP contribution < -0.4 is 0 Å². The highest BCUT2D eigenvalue weighted by molar-refractivity contribution is 5.23. The lowest BCUT2D eigenvalue weighted by molar-refractivity contribution is -0.343. The van der Waals surface area contributed by atoms with E-state index in [2.05, 4.69) is 37.8 Å². The maximum atomic E-state index is 6.74. The fourth-order valence-electron chi connectivity index (χ4n) is 5.70. The number of fused-ring (bicyclic) bond motifs is 2. The molecule has 0 bridgehead atoms. The molecule has 40 heavy (non-hydrogen) atoms. The molecule has 0 radical (unpaired) electrons. The van der Waals surface area contributed by atoms with Gasteiger partial charge < -0.3 is 28.4 Å². The van der Waals surface area contributed by atoms with Crippen molar-refractivity contribution in [3.05, 3.63) is 132 Å². The van der Waals surface area contributed by atoms with E-state index in [1.54, 1.807) is 6.08 Å². The zero-order valence-electron chi connectivity index (χ0n) is 22.8. The van der Waals surface area contributed by atoms with Gasteiger partial charge in [-0.3, -0.25) is 0 Å². The maximum absolute atomic E-state index is 6.74. The van der Waals surface area contributed by atoms with Gasteiger partial charge in [0.25, 0.3) is 0 Å². The monoisotopic (exact) mass is 540 g/mol. The van der Waals surface area contributed by atoms with Crippen molar-refractivity contribution >= 4 is 0 Å². The van der Waals surface area contributed by atoms with Crippen molar-refractivity contribution in [1.82, 2.24) is 0 Å². The van der Waals surface area contributed by atoms with Crippen LogP contribution >= 0.6 is 0 Å². The molecule has 208 valence electrons. The summed E-state index contributed by atoms with van der Waals surface area (Å²) in [6.07, 6.45) is -0.360. The van der Waals surface area contributed by atoms with E-state index < -0.39 is 30.7 Å². The van der Waals surface area contributed by atoms with Crippen LogP contribution in [0.4, 0.5) is 0 Å². The lowest BCUT2D eigenvalue weighted by Crippen LogP contribution is -2.65. The van der Waals surface area contributed by atoms with Crippen molar-refractivity contribution in [2.45, 2.75) is 69.5 Å². The number of allylic oxidation sites excluding steroid dienone is 1. The number of hydrogen-bond acceptors (Lipinski definition) is 6. The van der Waals surface area contributed by atoms with E-state index in [0.717, 1.165) is 28.0 Å². The number of hydrogen-bond donors (Lipinski definition) is 0. The number of rotatable bonds is 8. The van der Waals surface area contributed by atoms with Crippen LogP contribution in [0.25, 0.3) is 0 Å². The van der Waals surface area contributed by atoms with Gasteiger partial charge in [-0.2, -0.15) is 0 Å². The van der Waals surface area contributed by atoms with E-state index in [1.807, 2.05) is 66.7 Å². The zero-order valence-corrected chi connectivity index (χ0v) is 22.8. The first-order valence-electron chi connectivity index (χ1n) is 14.0. The second-order valence-electron chi connectivity index (χ2n) is 10.5. The molecule has 2 saturated heterocycles. The molecule has 0 N–H and O–H groups in total. The molecular weight excluding hydrogens is 504 g/mol. The molecule has 2 fully saturated rings. The summed E-state index contributed by atoms with van der Waals surface area (Å²) in [4.78, 5) is 0. The van der Waals surface area contributed by atoms with E-state index in [0.29, 0.717) is 26.2 Å². The molecule has 7 atom stereocenters. The van der Waals surface area contributed by atoms with Crippen molar-refractivity contribution in [1.29, 1.82) is 0 Å². The van der Waals surface area contributed by atoms with Crippen LogP contribution in [-0.4, -0.2) is 43.2 Å². The SMILES string of the molecule is C=CC1=C(C)C[C@H](OCc2ccccc2)[C@H]2O[C@H]3CO[C@@H](c4ccccc4)O[C@@H]3[C@H](OCc3ccccc3)[C@@H]2O1. The Kier molecular flexibility index (Phi) is 8.42. The van der Waals surface area contributed by atoms with Crippen LogP contribution in [0.15, 0.2) is 115 Å². The molecule has 6 nitrogen and oxygen atoms in total. The third-order valence-electron chi connectivity index (χ3n) is 7.77. The predicted molar refractivity (Wildman–Crippen MR) is 151 cm³/mol. The van der Waals surface area contributed by atoms with Crippen molar-refractivity contribution in [2.75, 3.05) is 6.61 Å². The van der Waals surface area contributed by atoms with E-state index in [4.69, 9.17) is 28.4 Å². The van der Waals surface area contributed by atoms with Crippen molar-refractivity contribution < 1.29 is 28.4 Å². The lowest BCUT2D eigenvalue weighted by Gasteiger charge is -2.50. The summed E-state index contributed by atoms with van der Waals surface area (Å²) < 4.78 is 39.4. The minimum absolute atomic E-state index is 0.252. The van der Waals surface area contributed by atoms with Gasteiger partial charge in [-0.15, -0.1) is 0 Å². The summed E-state index contributed by atoms with van der Waals surface area (Å²) in [5.41, 5.74) is 4.21. The normalized spacial score (nSPS) is 30.0. The number of benzene rings is 3. The topological polar surface area (TPSA) is 55.4 Å². The average molecular weight is 541 g/mol. The zero-order chi connectivity index (χ0) is 27.3. The molecule has 3 aliphatic heterocycles. The van der Waals surface area contributed by atoms with Gasteiger partial charge in [0.15, 0.2) is 12.4 Å². The quantitative estimate of drug-likeness (QED) is 0.335. The van der Waals surface area contributed by atoms with Gasteiger partial charge in [-0.25, -0.2) is 0 Å². The average Bonchev–Trinajstić information content (AvgIpc) is 3.15. The van der Waals surface area contributed by atoms with Crippen LogP contribution in [0.3, 0.4) is 0 Å². The Morgan fingerprint density at radius 3 is 2.05 bits per heavy atom. The van der Waals surface area contributed by atoms with Crippen molar-refractivity contribution in [3.63, 3.8) is 0 Å². The van der Waals surface area contributed by atoms with E-state index in [1.165, 1.54) is 0 Å². The van der Waals surface area contributed by atoms with Gasteiger partial charge in [-0.05, 0) is 29.7 Å². The molecular formula is C34H36O6. The highest BCUT2D eigenvalue weighted by Gasteiger charge is 2.55. The van der Waals surface area contributed by atoms with Gasteiger partial charge in [-0.1, -0.05) is 97.6 Å². The maximum Gasteiger partial charge on any atom is 0.184 e. The molecule has 3 heterocycles. The van der Waals surface area contributed by atoms with E-state index in [9.17, 15) is 0 Å². The molecule has 3 aliphatic rings. The molecule has 0 unspecified atom stereocenters. The van der Waals surface area contributed by atoms with Crippen LogP contribution in [-0.2, 0) is 41.6 Å². The molecule has 0 amide bonds. The highest BCUT2D eigenvalue weighted by atomic mass is 16.7. The second-order valence-corrected chi connectivity index (χ2v) is 10.5. The van der Waals surface area contributed by atoms with E-state index in [-0.39, 0.29) is 12.2 Å². The predicted octanol–water partition coefficient (Wildman–Crippen LogP) is 6.29. The minimum Gasteiger partial charge on any atom is -0.485 e. The van der Waals surface area contributed by atoms with Gasteiger partial charge in [0, 0.05) is 12.0 Å². The Morgan fingerprint density at radius 1 is 0.775 bits per heavy atom. The van der Waals surface area contributed by atoms with Crippen molar-refractivity contribution in [2.24, 2.45) is 0 Å². The van der Waals surface area contributed by atoms with Crippen LogP contribution in [0.1, 0.15) is 36.3 Å². The molecule has 3 aromatic carbocycles. The highest BCUT2D eigenvalue weighted by Crippen LogP contribution is 2.41. The Balaban J connectivity index is 1.31. The summed E-state index contributed by atoms with van der Waals surface area (Å²) in [6, 6.07) is 30.3. The molecule has 0 aliphatic carbocycles. The Labute approximate surface area is 236 Å². The molecule has 6 rings (SSSR count). The first-order valence-corrected chi connectivity index (χ1v) is 14.0. The summed E-state index contributed by atoms with van der Waals surface area (Å²) in [5, 5.41) is 0. The van der Waals surface area contributed by atoms with Crippen LogP contribution in [0, 0.1) is 0 Å². The summed E-state index contributed by atoms with van der Waals surface area (Å²) in [6.45, 7) is 7.36. The largest absolute Gasteiger partial charge is 0.485 e. The van der Waals surface area contributed by atoms with Gasteiger partial charge in [0.1, 0.15) is 30.2 Å². The smallest absolute Gasteiger partial charge is 0.184 e. The summed E-state index contributed by atoms with van der Waals surface area (Å²) in [7, 11) is 0. The van der Waals surface area contributed by atoms with Gasteiger partial charge in [0.05, 0.1) is 25.9 Å². The summed E-state index contributed by atoms with van der Waals surface area (Å²) >= 11 is 0. The fourth-order valence-corrected chi connectivity index (χ4v) is 5.70. The van der Waals surface area contributed by atoms with Gasteiger partial charge >= 0.3 is 0 Å². The minimum atomic E-state index is -0.516. The molecule has 6 heteroatoms. The Bertz CT molecular complexity index is 1280. The first kappa shape index (κ1) is 26.9. The first-order chi connectivity index (χ1) is 19.7. The molecule has 0 saturated carbocycles. The molecule has 0 spiro atoms. The summed E-state index contributed by atoms with van der Waals surface area (Å²) in [5.74, 6) is 0.739. The Morgan fingerprint density at radius 2 is 1.40 bits per heavy atom. The molecule has 0 aromatic heterocycles. The number of ether oxygens (including phenoxy) is 6. The van der Waals surface area contributed by atoms with Crippen molar-refractivity contribution in [3.8, 4) is 0 Å². The lowest BCUT2D eigenvalue weighted by atomic mass is 9.89. The third-order valence-corrected chi connectivity index (χ3v) is 7.77. The second kappa shape index (κ2) is 12.5. The van der Waals surface area contributed by atoms with Gasteiger partial charge in [0.2, 0.25) is 0 Å². The third kappa shape index (κ3) is 5.92. The fraction of sp³-hybridized carbons (Fsp3) is 0.353. The Hall–Kier alpha value is -3.26. The van der Waals surface area contributed by atoms with Crippen LogP contribution in [0.2, 0.25) is 0 Å². The standard InChI is InChI=1S/C34H36O6/c1-3-27-23(2)19-28(35-20-24-13-7-4-8-14-24)30-33(38-27)32(36-21-25-15-9-5-10-16-25)31-29(39-30)22-37-34(40-31)26-17-11-6-12-18-26/h3-18,28-34H,1,19-22H2,2H3/t28-,29-,30+,31-,32-,33+,34+/m0/s1. The molecule has 3 aromatic rings. The van der Waals surface area contributed by atoms with E-state index >= 15 is 0 Å². The van der Waals surface area contributed by atoms with Crippen LogP contribution in [0.5, 0.6) is 0 Å².